The Morgan fingerprint density at radius 2 is 2.05 bits per heavy atom. The van der Waals surface area contributed by atoms with Gasteiger partial charge in [0.15, 0.2) is 0 Å². The van der Waals surface area contributed by atoms with E-state index in [-0.39, 0.29) is 5.75 Å². The molecule has 21 heavy (non-hydrogen) atoms. The second-order valence-electron chi connectivity index (χ2n) is 5.06. The van der Waals surface area contributed by atoms with Crippen molar-refractivity contribution in [1.29, 1.82) is 0 Å². The van der Waals surface area contributed by atoms with Gasteiger partial charge in [0.1, 0.15) is 15.7 Å². The first-order valence-corrected chi connectivity index (χ1v) is 10.1. The van der Waals surface area contributed by atoms with E-state index in [4.69, 9.17) is 0 Å². The fourth-order valence-corrected chi connectivity index (χ4v) is 5.82. The Bertz CT molecular complexity index is 786. The number of fused-ring (bicyclic) bond motifs is 3. The third-order valence-electron chi connectivity index (χ3n) is 3.46. The van der Waals surface area contributed by atoms with Gasteiger partial charge in [-0.1, -0.05) is 0 Å². The summed E-state index contributed by atoms with van der Waals surface area (Å²) >= 11 is 3.02. The van der Waals surface area contributed by atoms with E-state index in [1.807, 2.05) is 6.92 Å². The van der Waals surface area contributed by atoms with E-state index in [1.54, 1.807) is 11.3 Å². The van der Waals surface area contributed by atoms with Gasteiger partial charge in [0.2, 0.25) is 0 Å². The third-order valence-corrected chi connectivity index (χ3v) is 6.57. The highest BCUT2D eigenvalue weighted by molar-refractivity contribution is 8.00. The van der Waals surface area contributed by atoms with Gasteiger partial charge in [0.05, 0.1) is 5.75 Å². The fourth-order valence-electron chi connectivity index (χ4n) is 2.57. The Hall–Kier alpha value is -0.730. The molecule has 0 amide bonds. The summed E-state index contributed by atoms with van der Waals surface area (Å²) in [5.41, 5.74) is 1.31. The van der Waals surface area contributed by atoms with E-state index in [2.05, 4.69) is 9.97 Å². The number of hydrogen-bond acceptors (Lipinski definition) is 6. The molecular formula is C13H15FN2O2S3. The number of nitrogens with zero attached hydrogens (tertiary/aromatic N) is 2. The van der Waals surface area contributed by atoms with Crippen molar-refractivity contribution in [2.45, 2.75) is 37.6 Å². The van der Waals surface area contributed by atoms with Crippen LogP contribution in [-0.4, -0.2) is 29.9 Å². The number of thioether (sulfide) groups is 1. The Labute approximate surface area is 131 Å². The SMILES string of the molecule is Cc1nc(SCCS(=O)(=O)F)c2c3c(sc2n1)CCCC3. The van der Waals surface area contributed by atoms with Gasteiger partial charge in [-0.15, -0.1) is 27.0 Å². The van der Waals surface area contributed by atoms with Gasteiger partial charge < -0.3 is 0 Å². The van der Waals surface area contributed by atoms with Crippen molar-refractivity contribution in [3.63, 3.8) is 0 Å². The number of aromatic nitrogens is 2. The molecular weight excluding hydrogens is 331 g/mol. The van der Waals surface area contributed by atoms with Crippen molar-refractivity contribution >= 4 is 43.5 Å². The lowest BCUT2D eigenvalue weighted by molar-refractivity contribution is 0.554. The summed E-state index contributed by atoms with van der Waals surface area (Å²) in [5, 5.41) is 1.85. The van der Waals surface area contributed by atoms with Gasteiger partial charge in [-0.05, 0) is 38.2 Å². The first-order chi connectivity index (χ1) is 9.94. The van der Waals surface area contributed by atoms with Crippen molar-refractivity contribution in [2.75, 3.05) is 11.5 Å². The van der Waals surface area contributed by atoms with Crippen LogP contribution < -0.4 is 0 Å². The maximum absolute atomic E-state index is 12.6. The molecule has 0 saturated heterocycles. The van der Waals surface area contributed by atoms with Gasteiger partial charge in [0.25, 0.3) is 0 Å². The van der Waals surface area contributed by atoms with Crippen LogP contribution in [0.1, 0.15) is 29.1 Å². The molecule has 114 valence electrons. The molecule has 1 aliphatic carbocycles. The molecule has 0 bridgehead atoms. The van der Waals surface area contributed by atoms with Crippen molar-refractivity contribution < 1.29 is 12.3 Å². The molecule has 0 unspecified atom stereocenters. The highest BCUT2D eigenvalue weighted by atomic mass is 32.3. The van der Waals surface area contributed by atoms with E-state index in [1.165, 1.54) is 28.6 Å². The maximum atomic E-state index is 12.6. The van der Waals surface area contributed by atoms with Gasteiger partial charge in [-0.2, -0.15) is 8.42 Å². The third kappa shape index (κ3) is 3.37. The molecule has 0 spiro atoms. The Kier molecular flexibility index (Phi) is 4.20. The molecule has 3 rings (SSSR count). The van der Waals surface area contributed by atoms with Crippen LogP contribution in [0.2, 0.25) is 0 Å². The lowest BCUT2D eigenvalue weighted by atomic mass is 9.97. The zero-order chi connectivity index (χ0) is 15.0. The van der Waals surface area contributed by atoms with Gasteiger partial charge in [-0.25, -0.2) is 9.97 Å². The lowest BCUT2D eigenvalue weighted by Gasteiger charge is -2.11. The second kappa shape index (κ2) is 5.81. The minimum atomic E-state index is -4.42. The normalized spacial score (nSPS) is 15.3. The van der Waals surface area contributed by atoms with Crippen LogP contribution in [0.15, 0.2) is 5.03 Å². The zero-order valence-electron chi connectivity index (χ0n) is 11.6. The van der Waals surface area contributed by atoms with E-state index in [0.717, 1.165) is 34.5 Å². The standard InChI is InChI=1S/C13H15FN2O2S3/c1-8-15-12(19-6-7-21(14,17)18)11-9-4-2-3-5-10(9)20-13(11)16-8/h2-7H2,1H3. The predicted molar refractivity (Wildman–Crippen MR) is 84.4 cm³/mol. The number of aryl methyl sites for hydroxylation is 3. The highest BCUT2D eigenvalue weighted by Gasteiger charge is 2.21. The average molecular weight is 346 g/mol. The van der Waals surface area contributed by atoms with Gasteiger partial charge in [0, 0.05) is 16.0 Å². The molecule has 1 aliphatic rings. The van der Waals surface area contributed by atoms with Crippen LogP contribution in [0.3, 0.4) is 0 Å². The number of rotatable bonds is 4. The molecule has 2 aromatic rings. The highest BCUT2D eigenvalue weighted by Crippen LogP contribution is 2.39. The largest absolute Gasteiger partial charge is 0.303 e. The van der Waals surface area contributed by atoms with Crippen molar-refractivity contribution in [3.05, 3.63) is 16.3 Å². The molecule has 2 heterocycles. The van der Waals surface area contributed by atoms with Crippen molar-refractivity contribution in [3.8, 4) is 0 Å². The molecule has 8 heteroatoms. The molecule has 0 aliphatic heterocycles. The fraction of sp³-hybridized carbons (Fsp3) is 0.538. The maximum Gasteiger partial charge on any atom is 0.303 e. The van der Waals surface area contributed by atoms with Crippen LogP contribution in [0.25, 0.3) is 10.2 Å². The topological polar surface area (TPSA) is 59.9 Å². The Morgan fingerprint density at radius 1 is 1.29 bits per heavy atom. The molecule has 2 aromatic heterocycles. The molecule has 0 radical (unpaired) electrons. The van der Waals surface area contributed by atoms with Crippen molar-refractivity contribution in [2.24, 2.45) is 0 Å². The minimum Gasteiger partial charge on any atom is -0.226 e. The monoisotopic (exact) mass is 346 g/mol. The van der Waals surface area contributed by atoms with E-state index in [9.17, 15) is 12.3 Å². The number of thiophene rings is 1. The summed E-state index contributed by atoms with van der Waals surface area (Å²) < 4.78 is 33.9. The van der Waals surface area contributed by atoms with Crippen LogP contribution in [-0.2, 0) is 23.1 Å². The summed E-state index contributed by atoms with van der Waals surface area (Å²) in [7, 11) is -4.42. The number of halogens is 1. The summed E-state index contributed by atoms with van der Waals surface area (Å²) in [6, 6.07) is 0. The average Bonchev–Trinajstić information content (AvgIpc) is 2.74. The van der Waals surface area contributed by atoms with Crippen LogP contribution >= 0.6 is 23.1 Å². The Balaban J connectivity index is 1.98. The number of hydrogen-bond donors (Lipinski definition) is 0. The van der Waals surface area contributed by atoms with Crippen LogP contribution in [0, 0.1) is 6.92 Å². The van der Waals surface area contributed by atoms with Crippen molar-refractivity contribution in [1.82, 2.24) is 9.97 Å². The van der Waals surface area contributed by atoms with Crippen LogP contribution in [0.4, 0.5) is 3.89 Å². The molecule has 0 N–H and O–H groups in total. The molecule has 0 fully saturated rings. The summed E-state index contributed by atoms with van der Waals surface area (Å²) in [5.74, 6) is 0.371. The second-order valence-corrected chi connectivity index (χ2v) is 8.71. The first-order valence-electron chi connectivity index (χ1n) is 6.78. The molecule has 0 aromatic carbocycles. The van der Waals surface area contributed by atoms with E-state index in [0.29, 0.717) is 5.82 Å². The molecule has 0 atom stereocenters. The molecule has 4 nitrogen and oxygen atoms in total. The van der Waals surface area contributed by atoms with E-state index >= 15 is 0 Å². The van der Waals surface area contributed by atoms with Gasteiger partial charge >= 0.3 is 10.2 Å². The van der Waals surface area contributed by atoms with E-state index < -0.39 is 16.0 Å². The predicted octanol–water partition coefficient (Wildman–Crippen LogP) is 3.27. The lowest BCUT2D eigenvalue weighted by Crippen LogP contribution is -2.03. The Morgan fingerprint density at radius 3 is 2.81 bits per heavy atom. The molecule has 0 saturated carbocycles. The zero-order valence-corrected chi connectivity index (χ0v) is 14.0. The summed E-state index contributed by atoms with van der Waals surface area (Å²) in [6.45, 7) is 1.83. The summed E-state index contributed by atoms with van der Waals surface area (Å²) in [4.78, 5) is 11.3. The summed E-state index contributed by atoms with van der Waals surface area (Å²) in [6.07, 6.45) is 4.47. The van der Waals surface area contributed by atoms with Crippen LogP contribution in [0.5, 0.6) is 0 Å². The smallest absolute Gasteiger partial charge is 0.226 e. The first kappa shape index (κ1) is 15.2. The minimum absolute atomic E-state index is 0.176. The van der Waals surface area contributed by atoms with Gasteiger partial charge in [-0.3, -0.25) is 0 Å². The quantitative estimate of drug-likeness (QED) is 0.483.